The van der Waals surface area contributed by atoms with Crippen LogP contribution in [0.2, 0.25) is 5.02 Å². The van der Waals surface area contributed by atoms with E-state index in [1.54, 1.807) is 9.80 Å². The van der Waals surface area contributed by atoms with Gasteiger partial charge in [-0.1, -0.05) is 29.8 Å². The maximum Gasteiger partial charge on any atom is 0.418 e. The van der Waals surface area contributed by atoms with Gasteiger partial charge in [0.15, 0.2) is 12.4 Å². The van der Waals surface area contributed by atoms with Crippen LogP contribution in [0.3, 0.4) is 0 Å². The fourth-order valence-electron chi connectivity index (χ4n) is 8.19. The summed E-state index contributed by atoms with van der Waals surface area (Å²) in [6, 6.07) is 9.42. The Morgan fingerprint density at radius 2 is 1.68 bits per heavy atom. The van der Waals surface area contributed by atoms with Crippen molar-refractivity contribution in [1.82, 2.24) is 19.6 Å². The van der Waals surface area contributed by atoms with Crippen LogP contribution in [0.1, 0.15) is 62.1 Å². The van der Waals surface area contributed by atoms with Gasteiger partial charge in [-0.3, -0.25) is 9.69 Å². The van der Waals surface area contributed by atoms with Crippen molar-refractivity contribution in [3.05, 3.63) is 58.1 Å². The first-order chi connectivity index (χ1) is 25.3. The highest BCUT2D eigenvalue weighted by Crippen LogP contribution is 2.38. The van der Waals surface area contributed by atoms with Crippen molar-refractivity contribution < 1.29 is 42.1 Å². The topological polar surface area (TPSA) is 141 Å². The van der Waals surface area contributed by atoms with Gasteiger partial charge in [-0.2, -0.15) is 13.2 Å². The van der Waals surface area contributed by atoms with E-state index in [1.165, 1.54) is 11.0 Å². The molecule has 53 heavy (non-hydrogen) atoms. The smallest absolute Gasteiger partial charge is 0.418 e. The molecule has 2 aromatic rings. The third-order valence-corrected chi connectivity index (χ3v) is 11.3. The molecule has 0 aliphatic carbocycles. The Morgan fingerprint density at radius 3 is 2.38 bits per heavy atom. The van der Waals surface area contributed by atoms with E-state index in [9.17, 15) is 32.7 Å². The summed E-state index contributed by atoms with van der Waals surface area (Å²) in [6.07, 6.45) is -3.60. The number of hydrogen-bond donors (Lipinski definition) is 3. The van der Waals surface area contributed by atoms with E-state index in [-0.39, 0.29) is 54.3 Å². The summed E-state index contributed by atoms with van der Waals surface area (Å²) < 4.78 is 52.9. The summed E-state index contributed by atoms with van der Waals surface area (Å²) in [6.45, 7) is 4.78. The number of carbonyl (C=O) groups is 3. The molecule has 2 aromatic carbocycles. The van der Waals surface area contributed by atoms with Crippen LogP contribution in [0.15, 0.2) is 36.4 Å². The van der Waals surface area contributed by atoms with Crippen LogP contribution >= 0.6 is 11.6 Å². The molecule has 3 atom stereocenters. The van der Waals surface area contributed by atoms with E-state index in [0.717, 1.165) is 36.7 Å². The molecule has 0 radical (unpaired) electrons. The average Bonchev–Trinajstić information content (AvgIpc) is 3.57. The molecule has 4 N–H and O–H groups in total. The number of piperidine rings is 2. The fraction of sp³-hybridized carbons (Fsp3) is 0.595. The molecule has 4 amide bonds. The minimum atomic E-state index is -4.79. The average molecular weight is 765 g/mol. The van der Waals surface area contributed by atoms with E-state index in [4.69, 9.17) is 26.8 Å². The summed E-state index contributed by atoms with van der Waals surface area (Å²) in [7, 11) is 0. The summed E-state index contributed by atoms with van der Waals surface area (Å²) >= 11 is 6.12. The number of fused-ring (bicyclic) bond motifs is 1. The number of nitrogen functional groups attached to an aromatic ring is 1. The number of ether oxygens (including phenoxy) is 2. The number of benzene rings is 2. The second-order valence-corrected chi connectivity index (χ2v) is 14.6. The van der Waals surface area contributed by atoms with Gasteiger partial charge in [0.1, 0.15) is 0 Å². The monoisotopic (exact) mass is 764 g/mol. The molecule has 290 valence electrons. The Kier molecular flexibility index (Phi) is 12.3. The zero-order chi connectivity index (χ0) is 37.9. The zero-order valence-corrected chi connectivity index (χ0v) is 30.6. The highest BCUT2D eigenvalue weighted by atomic mass is 35.5. The van der Waals surface area contributed by atoms with Crippen molar-refractivity contribution in [3.8, 4) is 0 Å². The van der Waals surface area contributed by atoms with Gasteiger partial charge in [0.25, 0.3) is 5.91 Å². The van der Waals surface area contributed by atoms with Crippen molar-refractivity contribution in [2.24, 2.45) is 0 Å². The van der Waals surface area contributed by atoms with Crippen LogP contribution in [-0.2, 0) is 33.3 Å². The molecule has 1 unspecified atom stereocenters. The lowest BCUT2D eigenvalue weighted by atomic mass is 9.99. The number of likely N-dealkylation sites (tertiary alicyclic amines) is 3. The van der Waals surface area contributed by atoms with Gasteiger partial charge in [0, 0.05) is 63.5 Å². The largest absolute Gasteiger partial charge is 0.436 e. The van der Waals surface area contributed by atoms with Crippen LogP contribution in [0.5, 0.6) is 0 Å². The van der Waals surface area contributed by atoms with Gasteiger partial charge in [0.2, 0.25) is 0 Å². The number of anilines is 2. The number of nitrogens with two attached hydrogens (primary N) is 1. The minimum Gasteiger partial charge on any atom is -0.436 e. The van der Waals surface area contributed by atoms with Crippen LogP contribution in [0, 0.1) is 0 Å². The van der Waals surface area contributed by atoms with Gasteiger partial charge in [0.05, 0.1) is 22.3 Å². The summed E-state index contributed by atoms with van der Waals surface area (Å²) in [5, 5.41) is 13.2. The number of rotatable bonds is 9. The number of para-hydroxylation sites is 1. The van der Waals surface area contributed by atoms with Gasteiger partial charge in [-0.05, 0) is 87.7 Å². The normalized spacial score (nSPS) is 21.9. The standard InChI is InChI=1S/C37H48ClF3N6O6/c1-2-52-34(49)30-8-5-14-46(30)25-10-15-44(16-11-25)33(48)31(22-23-20-27(37(39,40)41)32(42)28(38)21-23)53-36(51)45-17-12-26(13-18-45)47-19-9-24-6-3-4-7-29(24)43-35(47)50/h3-4,6-7,20-21,25-26,30-31,34,49H,2,5,8-19,22,42H2,1H3,(H,43,50)/t30-,31+,34?/m0/s1. The molecule has 4 heterocycles. The van der Waals surface area contributed by atoms with Gasteiger partial charge < -0.3 is 40.3 Å². The molecule has 0 aromatic heterocycles. The zero-order valence-electron chi connectivity index (χ0n) is 29.8. The first-order valence-corrected chi connectivity index (χ1v) is 18.8. The molecule has 4 aliphatic heterocycles. The van der Waals surface area contributed by atoms with E-state index >= 15 is 0 Å². The molecule has 4 aliphatic rings. The van der Waals surface area contributed by atoms with Crippen LogP contribution in [-0.4, -0.2) is 119 Å². The number of alkyl halides is 3. The number of nitrogens with one attached hydrogen (secondary N) is 1. The summed E-state index contributed by atoms with van der Waals surface area (Å²) in [5.74, 6) is -0.513. The van der Waals surface area contributed by atoms with E-state index in [2.05, 4.69) is 10.2 Å². The lowest BCUT2D eigenvalue weighted by Gasteiger charge is -2.41. The minimum absolute atomic E-state index is 0.0502. The van der Waals surface area contributed by atoms with E-state index in [0.29, 0.717) is 58.3 Å². The van der Waals surface area contributed by atoms with Gasteiger partial charge in [-0.25, -0.2) is 9.59 Å². The van der Waals surface area contributed by atoms with Crippen molar-refractivity contribution in [2.75, 3.05) is 56.9 Å². The Labute approximate surface area is 312 Å². The third-order valence-electron chi connectivity index (χ3n) is 11.0. The van der Waals surface area contributed by atoms with Gasteiger partial charge >= 0.3 is 18.3 Å². The fourth-order valence-corrected chi connectivity index (χ4v) is 8.43. The maximum absolute atomic E-state index is 14.1. The molecule has 0 bridgehead atoms. The number of halogens is 4. The molecule has 12 nitrogen and oxygen atoms in total. The van der Waals surface area contributed by atoms with Crippen molar-refractivity contribution in [3.63, 3.8) is 0 Å². The number of urea groups is 1. The molecule has 16 heteroatoms. The number of amides is 4. The highest BCUT2D eigenvalue weighted by Gasteiger charge is 2.40. The number of aliphatic hydroxyl groups is 1. The van der Waals surface area contributed by atoms with Crippen molar-refractivity contribution in [2.45, 2.75) is 95.0 Å². The Hall–Kier alpha value is -3.79. The first-order valence-electron chi connectivity index (χ1n) is 18.4. The Bertz CT molecular complexity index is 1630. The molecule has 3 fully saturated rings. The highest BCUT2D eigenvalue weighted by molar-refractivity contribution is 6.33. The molecular weight excluding hydrogens is 717 g/mol. The number of hydrogen-bond acceptors (Lipinski definition) is 8. The first kappa shape index (κ1) is 38.9. The lowest BCUT2D eigenvalue weighted by molar-refractivity contribution is -0.147. The number of nitrogens with zero attached hydrogens (tertiary/aromatic N) is 4. The molecule has 3 saturated heterocycles. The predicted octanol–water partition coefficient (Wildman–Crippen LogP) is 5.35. The van der Waals surface area contributed by atoms with E-state index < -0.39 is 41.8 Å². The Morgan fingerprint density at radius 1 is 1.00 bits per heavy atom. The van der Waals surface area contributed by atoms with Crippen LogP contribution < -0.4 is 11.1 Å². The number of carbonyl (C=O) groups excluding carboxylic acids is 3. The predicted molar refractivity (Wildman–Crippen MR) is 192 cm³/mol. The third kappa shape index (κ3) is 8.96. The van der Waals surface area contributed by atoms with Crippen LogP contribution in [0.25, 0.3) is 0 Å². The van der Waals surface area contributed by atoms with Crippen molar-refractivity contribution in [1.29, 1.82) is 0 Å². The SMILES string of the molecule is CCOC(O)[C@@H]1CCCN1C1CCN(C(=O)[C@@H](Cc2cc(Cl)c(N)c(C(F)(F)F)c2)OC(=O)N2CCC(N3CCc4ccccc4NC3=O)CC2)CC1. The quantitative estimate of drug-likeness (QED) is 0.229. The summed E-state index contributed by atoms with van der Waals surface area (Å²) in [4.78, 5) is 47.9. The Balaban J connectivity index is 1.12. The molecular formula is C37H48ClF3N6O6. The second kappa shape index (κ2) is 16.7. The van der Waals surface area contributed by atoms with Gasteiger partial charge in [-0.15, -0.1) is 0 Å². The van der Waals surface area contributed by atoms with E-state index in [1.807, 2.05) is 31.2 Å². The molecule has 0 spiro atoms. The molecule has 0 saturated carbocycles. The molecule has 6 rings (SSSR count). The lowest BCUT2D eigenvalue weighted by Crippen LogP contribution is -2.54. The maximum atomic E-state index is 14.1. The van der Waals surface area contributed by atoms with Crippen LogP contribution in [0.4, 0.5) is 34.1 Å². The van der Waals surface area contributed by atoms with Crippen molar-refractivity contribution >= 4 is 41.0 Å². The second-order valence-electron chi connectivity index (χ2n) is 14.2. The number of aliphatic hydroxyl groups excluding tert-OH is 1. The summed E-state index contributed by atoms with van der Waals surface area (Å²) in [5.41, 5.74) is 5.80.